The number of rotatable bonds is 2. The van der Waals surface area contributed by atoms with Crippen LogP contribution in [0.1, 0.15) is 34.3 Å². The topological polar surface area (TPSA) is 15.6 Å². The van der Waals surface area contributed by atoms with Crippen molar-refractivity contribution in [2.24, 2.45) is 4.99 Å². The minimum absolute atomic E-state index is 0.0712. The van der Waals surface area contributed by atoms with Crippen LogP contribution in [-0.2, 0) is 6.54 Å². The molecule has 6 rings (SSSR count). The molecule has 0 spiro atoms. The maximum Gasteiger partial charge on any atom is 0.133 e. The Balaban J connectivity index is 1.60. The summed E-state index contributed by atoms with van der Waals surface area (Å²) in [6, 6.07) is 39.3. The number of hydrogen-bond donors (Lipinski definition) is 0. The van der Waals surface area contributed by atoms with Gasteiger partial charge in [0.25, 0.3) is 0 Å². The van der Waals surface area contributed by atoms with E-state index in [-0.39, 0.29) is 12.1 Å². The van der Waals surface area contributed by atoms with Gasteiger partial charge in [-0.3, -0.25) is 4.99 Å². The van der Waals surface area contributed by atoms with Gasteiger partial charge in [-0.1, -0.05) is 109 Å². The molecular formula is C28H22N2. The van der Waals surface area contributed by atoms with E-state index in [0.29, 0.717) is 0 Å². The molecule has 0 bridgehead atoms. The van der Waals surface area contributed by atoms with E-state index in [2.05, 4.69) is 114 Å². The minimum atomic E-state index is 0.0712. The summed E-state index contributed by atoms with van der Waals surface area (Å²) < 4.78 is 0. The smallest absolute Gasteiger partial charge is 0.133 e. The lowest BCUT2D eigenvalue weighted by Gasteiger charge is -2.30. The molecule has 2 aliphatic rings. The van der Waals surface area contributed by atoms with Crippen LogP contribution in [0.15, 0.2) is 114 Å². The van der Waals surface area contributed by atoms with Gasteiger partial charge < -0.3 is 4.90 Å². The Morgan fingerprint density at radius 1 is 0.567 bits per heavy atom. The summed E-state index contributed by atoms with van der Waals surface area (Å²) in [7, 11) is 0. The van der Waals surface area contributed by atoms with E-state index >= 15 is 0 Å². The fraction of sp³-hybridized carbons (Fsp3) is 0.107. The van der Waals surface area contributed by atoms with Crippen LogP contribution in [0.25, 0.3) is 11.1 Å². The van der Waals surface area contributed by atoms with Gasteiger partial charge in [-0.15, -0.1) is 0 Å². The lowest BCUT2D eigenvalue weighted by atomic mass is 9.93. The first kappa shape index (κ1) is 17.2. The summed E-state index contributed by atoms with van der Waals surface area (Å²) in [5.41, 5.74) is 7.73. The van der Waals surface area contributed by atoms with E-state index in [1.165, 1.54) is 33.4 Å². The second-order valence-electron chi connectivity index (χ2n) is 7.99. The molecule has 2 heterocycles. The molecule has 0 aliphatic carbocycles. The predicted octanol–water partition coefficient (Wildman–Crippen LogP) is 6.41. The SMILES string of the molecule is c1ccc([C@H]2N=C3c4ccccc4-c4ccccc4CN3[C@@H]2c2ccccc2)cc1. The summed E-state index contributed by atoms with van der Waals surface area (Å²) >= 11 is 0. The van der Waals surface area contributed by atoms with Gasteiger partial charge in [0.1, 0.15) is 11.9 Å². The van der Waals surface area contributed by atoms with Crippen LogP contribution >= 0.6 is 0 Å². The van der Waals surface area contributed by atoms with Crippen molar-refractivity contribution in [3.05, 3.63) is 131 Å². The molecule has 30 heavy (non-hydrogen) atoms. The van der Waals surface area contributed by atoms with Gasteiger partial charge >= 0.3 is 0 Å². The van der Waals surface area contributed by atoms with Crippen molar-refractivity contribution in [2.45, 2.75) is 18.6 Å². The first-order valence-corrected chi connectivity index (χ1v) is 10.5. The molecule has 0 aromatic heterocycles. The second kappa shape index (κ2) is 7.00. The van der Waals surface area contributed by atoms with E-state index in [9.17, 15) is 0 Å². The van der Waals surface area contributed by atoms with Crippen LogP contribution in [0.2, 0.25) is 0 Å². The van der Waals surface area contributed by atoms with E-state index < -0.39 is 0 Å². The van der Waals surface area contributed by atoms with E-state index in [4.69, 9.17) is 4.99 Å². The standard InChI is InChI=1S/C28H22N2/c1-3-11-20(12-4-1)26-27(21-13-5-2-6-14-21)30-19-22-15-7-8-16-23(22)24-17-9-10-18-25(24)28(30)29-26/h1-18,26-27H,19H2/t26-,27-/m1/s1. The van der Waals surface area contributed by atoms with E-state index in [0.717, 1.165) is 12.4 Å². The minimum Gasteiger partial charge on any atom is -0.342 e. The van der Waals surface area contributed by atoms with Crippen LogP contribution < -0.4 is 0 Å². The summed E-state index contributed by atoms with van der Waals surface area (Å²) in [5, 5.41) is 0. The first-order chi connectivity index (χ1) is 14.9. The number of amidine groups is 1. The zero-order chi connectivity index (χ0) is 19.9. The average molecular weight is 386 g/mol. The van der Waals surface area contributed by atoms with Gasteiger partial charge in [0.15, 0.2) is 0 Å². The highest BCUT2D eigenvalue weighted by Crippen LogP contribution is 2.47. The van der Waals surface area contributed by atoms with Gasteiger partial charge in [-0.2, -0.15) is 0 Å². The molecule has 0 radical (unpaired) electrons. The van der Waals surface area contributed by atoms with Crippen molar-refractivity contribution >= 4 is 5.84 Å². The van der Waals surface area contributed by atoms with Gasteiger partial charge in [0.2, 0.25) is 0 Å². The van der Waals surface area contributed by atoms with Gasteiger partial charge in [-0.05, 0) is 27.8 Å². The quantitative estimate of drug-likeness (QED) is 0.388. The Labute approximate surface area is 177 Å². The molecule has 2 nitrogen and oxygen atoms in total. The fourth-order valence-electron chi connectivity index (χ4n) is 4.91. The van der Waals surface area contributed by atoms with Crippen LogP contribution in [0.3, 0.4) is 0 Å². The summed E-state index contributed by atoms with van der Waals surface area (Å²) in [6.07, 6.45) is 0. The Kier molecular flexibility index (Phi) is 4.02. The fourth-order valence-corrected chi connectivity index (χ4v) is 4.91. The molecule has 0 N–H and O–H groups in total. The largest absolute Gasteiger partial charge is 0.342 e. The maximum absolute atomic E-state index is 5.37. The Bertz CT molecular complexity index is 1230. The number of aliphatic imine (C=N–C) groups is 1. The predicted molar refractivity (Wildman–Crippen MR) is 122 cm³/mol. The normalized spacial score (nSPS) is 19.3. The van der Waals surface area contributed by atoms with Crippen molar-refractivity contribution in [3.8, 4) is 11.1 Å². The lowest BCUT2D eigenvalue weighted by molar-refractivity contribution is 0.305. The highest BCUT2D eigenvalue weighted by Gasteiger charge is 2.40. The van der Waals surface area contributed by atoms with Crippen molar-refractivity contribution < 1.29 is 0 Å². The van der Waals surface area contributed by atoms with Crippen molar-refractivity contribution in [1.82, 2.24) is 4.90 Å². The first-order valence-electron chi connectivity index (χ1n) is 10.5. The summed E-state index contributed by atoms with van der Waals surface area (Å²) in [5.74, 6) is 1.10. The average Bonchev–Trinajstić information content (AvgIpc) is 3.13. The maximum atomic E-state index is 5.37. The Morgan fingerprint density at radius 3 is 1.87 bits per heavy atom. The molecule has 0 saturated heterocycles. The van der Waals surface area contributed by atoms with Gasteiger partial charge in [0, 0.05) is 12.1 Å². The van der Waals surface area contributed by atoms with Crippen molar-refractivity contribution in [1.29, 1.82) is 0 Å². The van der Waals surface area contributed by atoms with Crippen molar-refractivity contribution in [3.63, 3.8) is 0 Å². The molecule has 0 saturated carbocycles. The summed E-state index contributed by atoms with van der Waals surface area (Å²) in [4.78, 5) is 7.88. The molecular weight excluding hydrogens is 364 g/mol. The monoisotopic (exact) mass is 386 g/mol. The number of benzene rings is 4. The van der Waals surface area contributed by atoms with E-state index in [1.807, 2.05) is 0 Å². The number of fused-ring (bicyclic) bond motifs is 5. The zero-order valence-corrected chi connectivity index (χ0v) is 16.6. The molecule has 2 aliphatic heterocycles. The van der Waals surface area contributed by atoms with Crippen LogP contribution in [0.5, 0.6) is 0 Å². The highest BCUT2D eigenvalue weighted by atomic mass is 15.3. The molecule has 2 atom stereocenters. The van der Waals surface area contributed by atoms with Crippen molar-refractivity contribution in [2.75, 3.05) is 0 Å². The van der Waals surface area contributed by atoms with Crippen LogP contribution in [0.4, 0.5) is 0 Å². The molecule has 0 amide bonds. The van der Waals surface area contributed by atoms with Gasteiger partial charge in [-0.25, -0.2) is 0 Å². The molecule has 4 aromatic carbocycles. The molecule has 0 fully saturated rings. The van der Waals surface area contributed by atoms with Crippen LogP contribution in [0, 0.1) is 0 Å². The zero-order valence-electron chi connectivity index (χ0n) is 16.6. The Morgan fingerprint density at radius 2 is 1.13 bits per heavy atom. The second-order valence-corrected chi connectivity index (χ2v) is 7.99. The molecule has 4 aromatic rings. The van der Waals surface area contributed by atoms with E-state index in [1.54, 1.807) is 0 Å². The molecule has 2 heteroatoms. The van der Waals surface area contributed by atoms with Gasteiger partial charge in [0.05, 0.1) is 6.04 Å². The third kappa shape index (κ3) is 2.68. The molecule has 0 unspecified atom stereocenters. The number of hydrogen-bond acceptors (Lipinski definition) is 2. The van der Waals surface area contributed by atoms with Crippen LogP contribution in [-0.4, -0.2) is 10.7 Å². The number of nitrogens with zero attached hydrogens (tertiary/aromatic N) is 2. The molecule has 144 valence electrons. The third-order valence-electron chi connectivity index (χ3n) is 6.27. The third-order valence-corrected chi connectivity index (χ3v) is 6.27. The summed E-state index contributed by atoms with van der Waals surface area (Å²) in [6.45, 7) is 0.854. The Hall–Kier alpha value is -3.65. The lowest BCUT2D eigenvalue weighted by Crippen LogP contribution is -2.31. The highest BCUT2D eigenvalue weighted by molar-refractivity contribution is 6.07.